The van der Waals surface area contributed by atoms with Crippen LogP contribution in [0.25, 0.3) is 0 Å². The van der Waals surface area contributed by atoms with Gasteiger partial charge in [0.1, 0.15) is 6.33 Å². The molecular formula is C14H21BrN2. The van der Waals surface area contributed by atoms with Crippen molar-refractivity contribution in [2.45, 2.75) is 57.2 Å². The van der Waals surface area contributed by atoms with Crippen LogP contribution in [0.1, 0.15) is 56.5 Å². The molecule has 0 amide bonds. The summed E-state index contributed by atoms with van der Waals surface area (Å²) in [6.07, 6.45) is 6.61. The number of aromatic nitrogens is 2. The summed E-state index contributed by atoms with van der Waals surface area (Å²) >= 11 is 3.75. The van der Waals surface area contributed by atoms with Crippen molar-refractivity contribution < 1.29 is 0 Å². The van der Waals surface area contributed by atoms with E-state index in [1.807, 2.05) is 0 Å². The second-order valence-corrected chi connectivity index (χ2v) is 6.78. The summed E-state index contributed by atoms with van der Waals surface area (Å²) in [5.41, 5.74) is 4.01. The van der Waals surface area contributed by atoms with Gasteiger partial charge in [-0.15, -0.1) is 0 Å². The number of hydrogen-bond acceptors (Lipinski definition) is 2. The fraction of sp³-hybridized carbons (Fsp3) is 0.714. The normalized spacial score (nSPS) is 18.9. The zero-order valence-electron chi connectivity index (χ0n) is 10.9. The van der Waals surface area contributed by atoms with Gasteiger partial charge in [0, 0.05) is 16.4 Å². The summed E-state index contributed by atoms with van der Waals surface area (Å²) < 4.78 is 0. The molecule has 1 aromatic heterocycles. The lowest BCUT2D eigenvalue weighted by molar-refractivity contribution is 0.477. The molecule has 2 nitrogen and oxygen atoms in total. The van der Waals surface area contributed by atoms with Crippen molar-refractivity contribution in [3.05, 3.63) is 23.3 Å². The summed E-state index contributed by atoms with van der Waals surface area (Å²) in [4.78, 5) is 9.51. The molecule has 3 heteroatoms. The van der Waals surface area contributed by atoms with E-state index < -0.39 is 0 Å². The molecule has 1 aromatic rings. The monoisotopic (exact) mass is 296 g/mol. The Morgan fingerprint density at radius 2 is 1.82 bits per heavy atom. The Labute approximate surface area is 112 Å². The minimum absolute atomic E-state index is 0.462. The molecule has 94 valence electrons. The van der Waals surface area contributed by atoms with Crippen molar-refractivity contribution in [3.8, 4) is 0 Å². The Kier molecular flexibility index (Phi) is 4.18. The molecule has 17 heavy (non-hydrogen) atoms. The highest BCUT2D eigenvalue weighted by atomic mass is 79.9. The molecule has 2 unspecified atom stereocenters. The van der Waals surface area contributed by atoms with Gasteiger partial charge in [-0.05, 0) is 37.2 Å². The molecule has 0 bridgehead atoms. The molecule has 1 aliphatic carbocycles. The maximum atomic E-state index is 4.59. The van der Waals surface area contributed by atoms with Crippen LogP contribution in [0.3, 0.4) is 0 Å². The van der Waals surface area contributed by atoms with E-state index in [1.54, 1.807) is 6.33 Å². The van der Waals surface area contributed by atoms with E-state index in [-0.39, 0.29) is 0 Å². The summed E-state index contributed by atoms with van der Waals surface area (Å²) in [6.45, 7) is 6.78. The predicted molar refractivity (Wildman–Crippen MR) is 74.6 cm³/mol. The van der Waals surface area contributed by atoms with Crippen molar-refractivity contribution in [3.63, 3.8) is 0 Å². The Balaban J connectivity index is 2.43. The van der Waals surface area contributed by atoms with Crippen LogP contribution in [-0.2, 0) is 12.8 Å². The molecule has 2 atom stereocenters. The van der Waals surface area contributed by atoms with Crippen LogP contribution in [0.4, 0.5) is 0 Å². The number of halogens is 1. The van der Waals surface area contributed by atoms with Crippen LogP contribution in [0.15, 0.2) is 6.33 Å². The lowest BCUT2D eigenvalue weighted by Crippen LogP contribution is -2.21. The molecule has 0 aromatic carbocycles. The summed E-state index contributed by atoms with van der Waals surface area (Å²) in [5.74, 6) is 1.09. The maximum Gasteiger partial charge on any atom is 0.115 e. The minimum atomic E-state index is 0.462. The highest BCUT2D eigenvalue weighted by molar-refractivity contribution is 9.09. The fourth-order valence-corrected chi connectivity index (χ4v) is 3.76. The first-order chi connectivity index (χ1) is 8.11. The SMILES string of the molecule is CC(C)C(c1ncnc2c1CCCC2)C(C)Br. The fourth-order valence-electron chi connectivity index (χ4n) is 2.90. The standard InChI is InChI=1S/C14H21BrN2/c1-9(2)13(10(3)15)14-11-6-4-5-7-12(11)16-8-17-14/h8-10,13H,4-7H2,1-3H3. The summed E-state index contributed by atoms with van der Waals surface area (Å²) in [6, 6.07) is 0. The minimum Gasteiger partial charge on any atom is -0.241 e. The van der Waals surface area contributed by atoms with E-state index in [4.69, 9.17) is 0 Å². The molecule has 2 rings (SSSR count). The van der Waals surface area contributed by atoms with Crippen molar-refractivity contribution in [1.82, 2.24) is 9.97 Å². The van der Waals surface area contributed by atoms with Gasteiger partial charge in [0.2, 0.25) is 0 Å². The average molecular weight is 297 g/mol. The number of aryl methyl sites for hydroxylation is 1. The van der Waals surface area contributed by atoms with Crippen molar-refractivity contribution >= 4 is 15.9 Å². The first-order valence-electron chi connectivity index (χ1n) is 6.58. The van der Waals surface area contributed by atoms with Gasteiger partial charge >= 0.3 is 0 Å². The van der Waals surface area contributed by atoms with Gasteiger partial charge in [-0.1, -0.05) is 36.7 Å². The number of alkyl halides is 1. The molecule has 0 radical (unpaired) electrons. The molecule has 0 fully saturated rings. The molecular weight excluding hydrogens is 276 g/mol. The Bertz CT molecular complexity index is 380. The summed E-state index contributed by atoms with van der Waals surface area (Å²) in [7, 11) is 0. The topological polar surface area (TPSA) is 25.8 Å². The zero-order valence-corrected chi connectivity index (χ0v) is 12.5. The van der Waals surface area contributed by atoms with Gasteiger partial charge in [-0.2, -0.15) is 0 Å². The highest BCUT2D eigenvalue weighted by Crippen LogP contribution is 2.35. The molecule has 0 saturated carbocycles. The molecule has 0 aliphatic heterocycles. The molecule has 0 N–H and O–H groups in total. The zero-order chi connectivity index (χ0) is 12.4. The molecule has 1 heterocycles. The lowest BCUT2D eigenvalue weighted by atomic mass is 9.83. The van der Waals surface area contributed by atoms with Crippen molar-refractivity contribution in [2.75, 3.05) is 0 Å². The lowest BCUT2D eigenvalue weighted by Gasteiger charge is -2.27. The Morgan fingerprint density at radius 3 is 2.47 bits per heavy atom. The molecule has 0 saturated heterocycles. The number of fused-ring (bicyclic) bond motifs is 1. The summed E-state index contributed by atoms with van der Waals surface area (Å²) in [5, 5.41) is 0. The van der Waals surface area contributed by atoms with E-state index in [9.17, 15) is 0 Å². The van der Waals surface area contributed by atoms with Crippen LogP contribution >= 0.6 is 15.9 Å². The van der Waals surface area contributed by atoms with Crippen LogP contribution in [0, 0.1) is 5.92 Å². The highest BCUT2D eigenvalue weighted by Gasteiger charge is 2.27. The number of rotatable bonds is 3. The van der Waals surface area contributed by atoms with E-state index in [0.717, 1.165) is 12.8 Å². The third-order valence-corrected chi connectivity index (χ3v) is 4.26. The van der Waals surface area contributed by atoms with Gasteiger partial charge < -0.3 is 0 Å². The third-order valence-electron chi connectivity index (χ3n) is 3.69. The quantitative estimate of drug-likeness (QED) is 0.791. The van der Waals surface area contributed by atoms with Crippen LogP contribution < -0.4 is 0 Å². The number of nitrogens with zero attached hydrogens (tertiary/aromatic N) is 2. The Hall–Kier alpha value is -0.440. The largest absolute Gasteiger partial charge is 0.241 e. The van der Waals surface area contributed by atoms with E-state index in [2.05, 4.69) is 46.7 Å². The van der Waals surface area contributed by atoms with Crippen molar-refractivity contribution in [2.24, 2.45) is 5.92 Å². The first-order valence-corrected chi connectivity index (χ1v) is 7.49. The predicted octanol–water partition coefficient (Wildman–Crippen LogP) is 3.88. The maximum absolute atomic E-state index is 4.59. The van der Waals surface area contributed by atoms with Crippen LogP contribution in [0.2, 0.25) is 0 Å². The second-order valence-electron chi connectivity index (χ2n) is 5.34. The second kappa shape index (κ2) is 5.47. The van der Waals surface area contributed by atoms with Crippen LogP contribution in [0.5, 0.6) is 0 Å². The van der Waals surface area contributed by atoms with Crippen molar-refractivity contribution in [1.29, 1.82) is 0 Å². The van der Waals surface area contributed by atoms with Gasteiger partial charge in [-0.25, -0.2) is 9.97 Å². The average Bonchev–Trinajstić information content (AvgIpc) is 2.28. The van der Waals surface area contributed by atoms with Gasteiger partial charge in [0.15, 0.2) is 0 Å². The Morgan fingerprint density at radius 1 is 1.12 bits per heavy atom. The first kappa shape index (κ1) is 13.0. The van der Waals surface area contributed by atoms with Gasteiger partial charge in [-0.3, -0.25) is 0 Å². The number of hydrogen-bond donors (Lipinski definition) is 0. The molecule has 1 aliphatic rings. The van der Waals surface area contributed by atoms with Gasteiger partial charge in [0.25, 0.3) is 0 Å². The van der Waals surface area contributed by atoms with E-state index in [1.165, 1.54) is 29.8 Å². The third kappa shape index (κ3) is 2.70. The smallest absolute Gasteiger partial charge is 0.115 e. The van der Waals surface area contributed by atoms with E-state index in [0.29, 0.717) is 16.7 Å². The van der Waals surface area contributed by atoms with E-state index >= 15 is 0 Å². The van der Waals surface area contributed by atoms with Gasteiger partial charge in [0.05, 0.1) is 5.69 Å². The van der Waals surface area contributed by atoms with Crippen LogP contribution in [-0.4, -0.2) is 14.8 Å². The molecule has 0 spiro atoms.